The quantitative estimate of drug-likeness (QED) is 0.590. The van der Waals surface area contributed by atoms with Gasteiger partial charge in [0.1, 0.15) is 5.82 Å². The summed E-state index contributed by atoms with van der Waals surface area (Å²) in [5.74, 6) is 1.47. The Balaban J connectivity index is 1.12. The summed E-state index contributed by atoms with van der Waals surface area (Å²) in [7, 11) is 2.08. The van der Waals surface area contributed by atoms with Gasteiger partial charge in [0, 0.05) is 50.5 Å². The Morgan fingerprint density at radius 2 is 1.71 bits per heavy atom. The Kier molecular flexibility index (Phi) is 5.77. The fourth-order valence-electron chi connectivity index (χ4n) is 6.26. The Morgan fingerprint density at radius 3 is 2.50 bits per heavy atom. The van der Waals surface area contributed by atoms with Crippen molar-refractivity contribution in [2.45, 2.75) is 38.1 Å². The third kappa shape index (κ3) is 3.98. The lowest BCUT2D eigenvalue weighted by Crippen LogP contribution is -2.47. The van der Waals surface area contributed by atoms with Crippen LogP contribution in [0.15, 0.2) is 48.5 Å². The van der Waals surface area contributed by atoms with Gasteiger partial charge in [0.05, 0.1) is 17.0 Å². The van der Waals surface area contributed by atoms with Gasteiger partial charge in [-0.1, -0.05) is 24.3 Å². The zero-order chi connectivity index (χ0) is 23.1. The number of rotatable bonds is 4. The van der Waals surface area contributed by atoms with Crippen LogP contribution in [0.4, 0.5) is 5.69 Å². The molecule has 3 aromatic rings. The van der Waals surface area contributed by atoms with Crippen molar-refractivity contribution >= 4 is 22.6 Å². The number of carbonyl (C=O) groups excluding carboxylic acids is 1. The van der Waals surface area contributed by atoms with Crippen LogP contribution in [0, 0.1) is 5.92 Å². The molecule has 0 aliphatic carbocycles. The van der Waals surface area contributed by atoms with Gasteiger partial charge in [-0.25, -0.2) is 4.98 Å². The molecule has 3 fully saturated rings. The normalized spacial score (nSPS) is 22.2. The number of anilines is 1. The molecular weight excluding hydrogens is 422 g/mol. The van der Waals surface area contributed by atoms with Gasteiger partial charge in [-0.05, 0) is 69.5 Å². The molecular formula is C28H35N5O. The maximum absolute atomic E-state index is 13.3. The van der Waals surface area contributed by atoms with E-state index in [0.29, 0.717) is 11.9 Å². The first-order chi connectivity index (χ1) is 16.7. The van der Waals surface area contributed by atoms with Gasteiger partial charge in [0.2, 0.25) is 5.91 Å². The van der Waals surface area contributed by atoms with E-state index in [0.717, 1.165) is 67.9 Å². The third-order valence-electron chi connectivity index (χ3n) is 8.23. The standard InChI is InChI=1S/C28H35N5O/c1-30-26-10-3-2-9-25(26)29-27(30)21-7-6-8-24(19-21)33-16-11-22(20-33)28(34)32-17-12-23(13-18-32)31-14-4-5-15-31/h2-3,6-10,19,22-23H,4-5,11-18,20H2,1H3. The van der Waals surface area contributed by atoms with Crippen LogP contribution in [0.2, 0.25) is 0 Å². The van der Waals surface area contributed by atoms with Crippen molar-refractivity contribution in [2.24, 2.45) is 13.0 Å². The van der Waals surface area contributed by atoms with E-state index in [9.17, 15) is 4.79 Å². The minimum absolute atomic E-state index is 0.114. The Labute approximate surface area is 202 Å². The molecule has 1 atom stereocenters. The number of imidazole rings is 1. The number of fused-ring (bicyclic) bond motifs is 1. The molecule has 34 heavy (non-hydrogen) atoms. The largest absolute Gasteiger partial charge is 0.371 e. The molecule has 6 heteroatoms. The van der Waals surface area contributed by atoms with Crippen molar-refractivity contribution in [2.75, 3.05) is 44.2 Å². The van der Waals surface area contributed by atoms with Crippen molar-refractivity contribution in [1.82, 2.24) is 19.4 Å². The molecule has 3 aliphatic heterocycles. The van der Waals surface area contributed by atoms with Crippen LogP contribution in [-0.4, -0.2) is 70.6 Å². The van der Waals surface area contributed by atoms with Gasteiger partial charge in [0.15, 0.2) is 0 Å². The molecule has 1 aromatic heterocycles. The topological polar surface area (TPSA) is 44.6 Å². The number of likely N-dealkylation sites (tertiary alicyclic amines) is 2. The van der Waals surface area contributed by atoms with Crippen LogP contribution >= 0.6 is 0 Å². The fraction of sp³-hybridized carbons (Fsp3) is 0.500. The summed E-state index contributed by atoms with van der Waals surface area (Å²) in [5, 5.41) is 0. The van der Waals surface area contributed by atoms with Crippen LogP contribution in [0.5, 0.6) is 0 Å². The predicted octanol–water partition coefficient (Wildman–Crippen LogP) is 4.15. The van der Waals surface area contributed by atoms with E-state index in [1.807, 2.05) is 6.07 Å². The minimum Gasteiger partial charge on any atom is -0.371 e. The van der Waals surface area contributed by atoms with Gasteiger partial charge in [0.25, 0.3) is 0 Å². The van der Waals surface area contributed by atoms with Gasteiger partial charge in [-0.3, -0.25) is 4.79 Å². The van der Waals surface area contributed by atoms with E-state index >= 15 is 0 Å². The molecule has 6 rings (SSSR count). The second-order valence-corrected chi connectivity index (χ2v) is 10.3. The fourth-order valence-corrected chi connectivity index (χ4v) is 6.26. The third-order valence-corrected chi connectivity index (χ3v) is 8.23. The Bertz CT molecular complexity index is 1170. The number of hydrogen-bond donors (Lipinski definition) is 0. The highest BCUT2D eigenvalue weighted by molar-refractivity contribution is 5.82. The van der Waals surface area contributed by atoms with Gasteiger partial charge in [-0.15, -0.1) is 0 Å². The molecule has 0 N–H and O–H groups in total. The van der Waals surface area contributed by atoms with Crippen LogP contribution < -0.4 is 4.90 Å². The highest BCUT2D eigenvalue weighted by Crippen LogP contribution is 2.31. The second-order valence-electron chi connectivity index (χ2n) is 10.3. The highest BCUT2D eigenvalue weighted by atomic mass is 16.2. The summed E-state index contributed by atoms with van der Waals surface area (Å²) in [4.78, 5) is 25.4. The first-order valence-corrected chi connectivity index (χ1v) is 13.0. The van der Waals surface area contributed by atoms with Crippen molar-refractivity contribution in [3.8, 4) is 11.4 Å². The summed E-state index contributed by atoms with van der Waals surface area (Å²) < 4.78 is 2.16. The number of carbonyl (C=O) groups is 1. The molecule has 0 radical (unpaired) electrons. The zero-order valence-corrected chi connectivity index (χ0v) is 20.2. The van der Waals surface area contributed by atoms with E-state index < -0.39 is 0 Å². The van der Waals surface area contributed by atoms with Crippen molar-refractivity contribution in [3.05, 3.63) is 48.5 Å². The van der Waals surface area contributed by atoms with E-state index in [4.69, 9.17) is 4.98 Å². The molecule has 1 unspecified atom stereocenters. The summed E-state index contributed by atoms with van der Waals surface area (Å²) >= 11 is 0. The van der Waals surface area contributed by atoms with Crippen LogP contribution in [0.1, 0.15) is 32.1 Å². The summed E-state index contributed by atoms with van der Waals surface area (Å²) in [6, 6.07) is 17.6. The lowest BCUT2D eigenvalue weighted by Gasteiger charge is -2.37. The van der Waals surface area contributed by atoms with Crippen molar-refractivity contribution in [1.29, 1.82) is 0 Å². The molecule has 0 saturated carbocycles. The SMILES string of the molecule is Cn1c(-c2cccc(N3CCC(C(=O)N4CCC(N5CCCC5)CC4)C3)c2)nc2ccccc21. The number of nitrogens with zero attached hydrogens (tertiary/aromatic N) is 5. The highest BCUT2D eigenvalue weighted by Gasteiger charge is 2.34. The number of aromatic nitrogens is 2. The van der Waals surface area contributed by atoms with Crippen LogP contribution in [0.25, 0.3) is 22.4 Å². The molecule has 1 amide bonds. The van der Waals surface area contributed by atoms with E-state index in [1.54, 1.807) is 0 Å². The molecule has 3 saturated heterocycles. The van der Waals surface area contributed by atoms with Crippen LogP contribution in [-0.2, 0) is 11.8 Å². The number of aryl methyl sites for hydroxylation is 1. The van der Waals surface area contributed by atoms with E-state index in [-0.39, 0.29) is 5.92 Å². The van der Waals surface area contributed by atoms with E-state index in [2.05, 4.69) is 68.8 Å². The average molecular weight is 458 g/mol. The summed E-state index contributed by atoms with van der Waals surface area (Å²) in [5.41, 5.74) is 4.47. The van der Waals surface area contributed by atoms with Crippen molar-refractivity contribution in [3.63, 3.8) is 0 Å². The molecule has 2 aromatic carbocycles. The predicted molar refractivity (Wildman–Crippen MR) is 137 cm³/mol. The molecule has 3 aliphatic rings. The maximum Gasteiger partial charge on any atom is 0.227 e. The number of piperidine rings is 1. The maximum atomic E-state index is 13.3. The second kappa shape index (κ2) is 9.06. The summed E-state index contributed by atoms with van der Waals surface area (Å²) in [6.45, 7) is 6.12. The Hall–Kier alpha value is -2.86. The molecule has 0 spiro atoms. The summed E-state index contributed by atoms with van der Waals surface area (Å²) in [6.07, 6.45) is 5.91. The number of hydrogen-bond acceptors (Lipinski definition) is 4. The van der Waals surface area contributed by atoms with Crippen LogP contribution in [0.3, 0.4) is 0 Å². The van der Waals surface area contributed by atoms with E-state index in [1.165, 1.54) is 31.6 Å². The lowest BCUT2D eigenvalue weighted by molar-refractivity contribution is -0.136. The zero-order valence-electron chi connectivity index (χ0n) is 20.2. The smallest absolute Gasteiger partial charge is 0.227 e. The molecule has 4 heterocycles. The Morgan fingerprint density at radius 1 is 0.912 bits per heavy atom. The lowest BCUT2D eigenvalue weighted by atomic mass is 10.0. The number of amides is 1. The molecule has 178 valence electrons. The average Bonchev–Trinajstić information content (AvgIpc) is 3.65. The van der Waals surface area contributed by atoms with Gasteiger partial charge in [-0.2, -0.15) is 0 Å². The monoisotopic (exact) mass is 457 g/mol. The van der Waals surface area contributed by atoms with Gasteiger partial charge < -0.3 is 19.3 Å². The first-order valence-electron chi connectivity index (χ1n) is 13.0. The number of para-hydroxylation sites is 2. The first kappa shape index (κ1) is 21.7. The molecule has 0 bridgehead atoms. The molecule has 6 nitrogen and oxygen atoms in total. The minimum atomic E-state index is 0.114. The number of benzene rings is 2. The van der Waals surface area contributed by atoms with Gasteiger partial charge >= 0.3 is 0 Å². The van der Waals surface area contributed by atoms with Crippen molar-refractivity contribution < 1.29 is 4.79 Å².